The Morgan fingerprint density at radius 3 is 2.52 bits per heavy atom. The summed E-state index contributed by atoms with van der Waals surface area (Å²) < 4.78 is 18.8. The van der Waals surface area contributed by atoms with E-state index in [4.69, 9.17) is 4.74 Å². The number of nitrogens with zero attached hydrogens (tertiary/aromatic N) is 1. The normalized spacial score (nSPS) is 15.2. The summed E-state index contributed by atoms with van der Waals surface area (Å²) in [6.07, 6.45) is 0.263. The second-order valence-corrected chi connectivity index (χ2v) is 7.52. The average Bonchev–Trinajstić information content (AvgIpc) is 2.76. The minimum atomic E-state index is -0.603. The van der Waals surface area contributed by atoms with Crippen molar-refractivity contribution in [1.29, 1.82) is 0 Å². The monoisotopic (exact) mass is 418 g/mol. The van der Waals surface area contributed by atoms with Crippen molar-refractivity contribution in [2.24, 2.45) is 0 Å². The summed E-state index contributed by atoms with van der Waals surface area (Å²) >= 11 is 0. The largest absolute Gasteiger partial charge is 0.479 e. The minimum absolute atomic E-state index is 0.0865. The van der Waals surface area contributed by atoms with Gasteiger partial charge in [-0.1, -0.05) is 42.5 Å². The number of hydrogen-bond donors (Lipinski definition) is 1. The van der Waals surface area contributed by atoms with Gasteiger partial charge in [0.15, 0.2) is 6.10 Å². The highest BCUT2D eigenvalue weighted by Gasteiger charge is 2.31. The average molecular weight is 418 g/mol. The summed E-state index contributed by atoms with van der Waals surface area (Å²) in [7, 11) is 0. The van der Waals surface area contributed by atoms with E-state index in [9.17, 15) is 14.0 Å². The molecule has 1 aliphatic heterocycles. The van der Waals surface area contributed by atoms with Crippen molar-refractivity contribution in [2.45, 2.75) is 25.9 Å². The van der Waals surface area contributed by atoms with Crippen molar-refractivity contribution in [1.82, 2.24) is 0 Å². The van der Waals surface area contributed by atoms with Gasteiger partial charge in [-0.15, -0.1) is 0 Å². The van der Waals surface area contributed by atoms with E-state index in [1.165, 1.54) is 12.1 Å². The third-order valence-electron chi connectivity index (χ3n) is 5.20. The molecule has 0 fully saturated rings. The number of halogens is 1. The van der Waals surface area contributed by atoms with E-state index in [0.29, 0.717) is 23.7 Å². The molecule has 2 amide bonds. The lowest BCUT2D eigenvalue weighted by atomic mass is 10.1. The van der Waals surface area contributed by atoms with E-state index in [0.717, 1.165) is 17.5 Å². The molecule has 1 heterocycles. The van der Waals surface area contributed by atoms with Crippen LogP contribution in [-0.2, 0) is 22.4 Å². The number of carbonyl (C=O) groups excluding carboxylic acids is 2. The van der Waals surface area contributed by atoms with Crippen molar-refractivity contribution < 1.29 is 18.7 Å². The topological polar surface area (TPSA) is 58.6 Å². The van der Waals surface area contributed by atoms with Crippen LogP contribution in [0.1, 0.15) is 18.1 Å². The maximum atomic E-state index is 13.0. The number of carbonyl (C=O) groups is 2. The molecular formula is C25H23FN2O3. The van der Waals surface area contributed by atoms with Gasteiger partial charge < -0.3 is 15.0 Å². The van der Waals surface area contributed by atoms with Crippen LogP contribution in [0.15, 0.2) is 72.8 Å². The number of anilines is 2. The van der Waals surface area contributed by atoms with Gasteiger partial charge in [-0.2, -0.15) is 0 Å². The molecule has 3 aromatic rings. The van der Waals surface area contributed by atoms with E-state index >= 15 is 0 Å². The third-order valence-corrected chi connectivity index (χ3v) is 5.20. The molecule has 3 aromatic carbocycles. The Balaban J connectivity index is 1.47. The summed E-state index contributed by atoms with van der Waals surface area (Å²) in [4.78, 5) is 26.8. The van der Waals surface area contributed by atoms with Gasteiger partial charge in [0.1, 0.15) is 11.6 Å². The zero-order chi connectivity index (χ0) is 21.8. The first kappa shape index (κ1) is 20.6. The molecular weight excluding hydrogens is 395 g/mol. The number of nitrogens with one attached hydrogen (secondary N) is 1. The molecule has 0 aromatic heterocycles. The van der Waals surface area contributed by atoms with Crippen molar-refractivity contribution in [3.8, 4) is 5.75 Å². The van der Waals surface area contributed by atoms with E-state index in [-0.39, 0.29) is 24.1 Å². The van der Waals surface area contributed by atoms with Crippen LogP contribution < -0.4 is 15.0 Å². The minimum Gasteiger partial charge on any atom is -0.479 e. The van der Waals surface area contributed by atoms with E-state index in [1.54, 1.807) is 42.2 Å². The predicted molar refractivity (Wildman–Crippen MR) is 118 cm³/mol. The molecule has 0 aliphatic carbocycles. The number of benzene rings is 3. The van der Waals surface area contributed by atoms with Crippen LogP contribution in [0.25, 0.3) is 0 Å². The number of amides is 2. The molecule has 1 unspecified atom stereocenters. The van der Waals surface area contributed by atoms with Crippen LogP contribution >= 0.6 is 0 Å². The maximum Gasteiger partial charge on any atom is 0.267 e. The van der Waals surface area contributed by atoms with E-state index < -0.39 is 6.10 Å². The lowest BCUT2D eigenvalue weighted by molar-refractivity contribution is -0.125. The lowest BCUT2D eigenvalue weighted by Gasteiger charge is -2.33. The Hall–Kier alpha value is -3.67. The van der Waals surface area contributed by atoms with Gasteiger partial charge in [0.05, 0.1) is 12.1 Å². The Kier molecular flexibility index (Phi) is 5.98. The third kappa shape index (κ3) is 4.91. The lowest BCUT2D eigenvalue weighted by Crippen LogP contribution is -2.45. The highest BCUT2D eigenvalue weighted by atomic mass is 19.1. The molecule has 5 nitrogen and oxygen atoms in total. The zero-order valence-corrected chi connectivity index (χ0v) is 17.2. The zero-order valence-electron chi connectivity index (χ0n) is 17.2. The molecule has 0 spiro atoms. The Bertz CT molecular complexity index is 1080. The van der Waals surface area contributed by atoms with E-state index in [2.05, 4.69) is 5.32 Å². The molecule has 0 bridgehead atoms. The molecule has 0 saturated heterocycles. The molecule has 1 N–H and O–H groups in total. The quantitative estimate of drug-likeness (QED) is 0.647. The van der Waals surface area contributed by atoms with Gasteiger partial charge in [0.2, 0.25) is 5.91 Å². The summed E-state index contributed by atoms with van der Waals surface area (Å²) in [5, 5.41) is 2.84. The summed E-state index contributed by atoms with van der Waals surface area (Å²) in [6, 6.07) is 21.1. The van der Waals surface area contributed by atoms with Crippen LogP contribution in [-0.4, -0.2) is 24.5 Å². The molecule has 4 rings (SSSR count). The second kappa shape index (κ2) is 9.00. The number of hydrogen-bond acceptors (Lipinski definition) is 3. The van der Waals surface area contributed by atoms with Crippen LogP contribution in [0.2, 0.25) is 0 Å². The Morgan fingerprint density at radius 2 is 1.77 bits per heavy atom. The number of rotatable bonds is 6. The molecule has 1 aliphatic rings. The molecule has 0 saturated carbocycles. The van der Waals surface area contributed by atoms with Gasteiger partial charge in [-0.3, -0.25) is 9.59 Å². The number of fused-ring (bicyclic) bond motifs is 1. The van der Waals surface area contributed by atoms with Crippen molar-refractivity contribution in [3.63, 3.8) is 0 Å². The van der Waals surface area contributed by atoms with Crippen LogP contribution in [0.4, 0.5) is 15.8 Å². The first-order valence-corrected chi connectivity index (χ1v) is 10.2. The fourth-order valence-electron chi connectivity index (χ4n) is 3.60. The van der Waals surface area contributed by atoms with Gasteiger partial charge in [-0.05, 0) is 48.7 Å². The molecule has 1 atom stereocenters. The van der Waals surface area contributed by atoms with E-state index in [1.807, 2.05) is 30.3 Å². The first-order chi connectivity index (χ1) is 15.0. The van der Waals surface area contributed by atoms with Crippen LogP contribution in [0.5, 0.6) is 5.75 Å². The fourth-order valence-corrected chi connectivity index (χ4v) is 3.60. The number of ether oxygens (including phenoxy) is 1. The first-order valence-electron chi connectivity index (χ1n) is 10.2. The standard InChI is InChI=1S/C25H23FN2O3/c1-17-25(30)28(14-13-18-5-3-2-4-6-18)22-12-11-21(16-23(22)31-17)27-24(29)15-19-7-9-20(26)10-8-19/h2-12,16-17H,13-15H2,1H3,(H,27,29). The Morgan fingerprint density at radius 1 is 1.03 bits per heavy atom. The van der Waals surface area contributed by atoms with Gasteiger partial charge in [0.25, 0.3) is 5.91 Å². The van der Waals surface area contributed by atoms with Gasteiger partial charge in [0, 0.05) is 18.3 Å². The fraction of sp³-hybridized carbons (Fsp3) is 0.200. The van der Waals surface area contributed by atoms with Crippen molar-refractivity contribution >= 4 is 23.2 Å². The molecule has 158 valence electrons. The molecule has 0 radical (unpaired) electrons. The van der Waals surface area contributed by atoms with Crippen molar-refractivity contribution in [2.75, 3.05) is 16.8 Å². The van der Waals surface area contributed by atoms with Gasteiger partial charge in [-0.25, -0.2) is 4.39 Å². The molecule has 31 heavy (non-hydrogen) atoms. The van der Waals surface area contributed by atoms with Gasteiger partial charge >= 0.3 is 0 Å². The highest BCUT2D eigenvalue weighted by Crippen LogP contribution is 2.36. The second-order valence-electron chi connectivity index (χ2n) is 7.52. The molecule has 6 heteroatoms. The predicted octanol–water partition coefficient (Wildman–Crippen LogP) is 4.36. The summed E-state index contributed by atoms with van der Waals surface area (Å²) in [6.45, 7) is 2.26. The highest BCUT2D eigenvalue weighted by molar-refractivity contribution is 6.00. The summed E-state index contributed by atoms with van der Waals surface area (Å²) in [5.74, 6) is -0.0832. The maximum absolute atomic E-state index is 13.0. The smallest absolute Gasteiger partial charge is 0.267 e. The van der Waals surface area contributed by atoms with Crippen LogP contribution in [0.3, 0.4) is 0 Å². The SMILES string of the molecule is CC1Oc2cc(NC(=O)Cc3ccc(F)cc3)ccc2N(CCc2ccccc2)C1=O. The Labute approximate surface area is 180 Å². The summed E-state index contributed by atoms with van der Waals surface area (Å²) in [5.41, 5.74) is 3.14. The van der Waals surface area contributed by atoms with Crippen LogP contribution in [0, 0.1) is 5.82 Å². The van der Waals surface area contributed by atoms with Crippen molar-refractivity contribution in [3.05, 3.63) is 89.7 Å².